The van der Waals surface area contributed by atoms with E-state index in [0.717, 1.165) is 16.7 Å². The van der Waals surface area contributed by atoms with E-state index in [-0.39, 0.29) is 33.8 Å². The van der Waals surface area contributed by atoms with Crippen LogP contribution >= 0.6 is 27.7 Å². The molecule has 2 aromatic heterocycles. The average molecular weight is 530 g/mol. The highest BCUT2D eigenvalue weighted by Crippen LogP contribution is 2.26. The maximum atomic E-state index is 13.6. The summed E-state index contributed by atoms with van der Waals surface area (Å²) in [7, 11) is 1.74. The quantitative estimate of drug-likeness (QED) is 0.314. The Morgan fingerprint density at radius 1 is 1.31 bits per heavy atom. The third-order valence-electron chi connectivity index (χ3n) is 4.46. The van der Waals surface area contributed by atoms with Gasteiger partial charge in [-0.15, -0.1) is 0 Å². The second-order valence-electron chi connectivity index (χ2n) is 6.51. The van der Waals surface area contributed by atoms with Gasteiger partial charge in [0.25, 0.3) is 0 Å². The predicted octanol–water partition coefficient (Wildman–Crippen LogP) is 1.65. The van der Waals surface area contributed by atoms with E-state index in [1.54, 1.807) is 18.8 Å². The number of thioether (sulfide) groups is 1. The molecule has 0 bridgehead atoms. The minimum Gasteiger partial charge on any atom is -0.363 e. The number of nitrogens with one attached hydrogen (secondary N) is 3. The van der Waals surface area contributed by atoms with Gasteiger partial charge in [0.1, 0.15) is 5.82 Å². The smallest absolute Gasteiger partial charge is 0.363 e. The third-order valence-corrected chi connectivity index (χ3v) is 5.71. The van der Waals surface area contributed by atoms with Crippen molar-refractivity contribution >= 4 is 39.4 Å². The van der Waals surface area contributed by atoms with Crippen LogP contribution < -0.4 is 21.7 Å². The van der Waals surface area contributed by atoms with Crippen molar-refractivity contribution in [2.24, 2.45) is 0 Å². The average Bonchev–Trinajstić information content (AvgIpc) is 3.39. The molecule has 3 rings (SSSR count). The van der Waals surface area contributed by atoms with Gasteiger partial charge in [-0.1, -0.05) is 5.16 Å². The summed E-state index contributed by atoms with van der Waals surface area (Å²) in [5.41, 5.74) is 0.430. The number of halogens is 2. The normalized spacial score (nSPS) is 12.0. The van der Waals surface area contributed by atoms with Crippen molar-refractivity contribution < 1.29 is 18.3 Å². The molecule has 0 aliphatic rings. The van der Waals surface area contributed by atoms with Crippen LogP contribution in [0.1, 0.15) is 6.42 Å². The fourth-order valence-corrected chi connectivity index (χ4v) is 3.67. The largest absolute Gasteiger partial charge is 0.446 e. The monoisotopic (exact) mass is 529 g/mol. The number of benzene rings is 1. The van der Waals surface area contributed by atoms with Crippen LogP contribution in [-0.2, 0) is 4.79 Å². The first-order valence-corrected chi connectivity index (χ1v) is 11.7. The van der Waals surface area contributed by atoms with Gasteiger partial charge < -0.3 is 16.0 Å². The van der Waals surface area contributed by atoms with Gasteiger partial charge in [0.15, 0.2) is 5.69 Å². The number of rotatable bonds is 11. The van der Waals surface area contributed by atoms with E-state index in [1.807, 2.05) is 6.26 Å². The summed E-state index contributed by atoms with van der Waals surface area (Å²) in [6, 6.07) is 3.73. The van der Waals surface area contributed by atoms with Gasteiger partial charge in [0, 0.05) is 13.1 Å². The highest BCUT2D eigenvalue weighted by molar-refractivity contribution is 9.10. The number of likely N-dealkylation sites (N-methyl/N-ethyl adjacent to an activating group) is 1. The summed E-state index contributed by atoms with van der Waals surface area (Å²) in [6.07, 6.45) is 2.71. The molecular weight excluding hydrogens is 509 g/mol. The van der Waals surface area contributed by atoms with Crippen LogP contribution in [0.25, 0.3) is 17.2 Å². The molecule has 172 valence electrons. The number of aromatic nitrogens is 4. The first kappa shape index (κ1) is 23.9. The van der Waals surface area contributed by atoms with Crippen LogP contribution in [0.3, 0.4) is 0 Å². The zero-order chi connectivity index (χ0) is 23.1. The van der Waals surface area contributed by atoms with Gasteiger partial charge in [-0.2, -0.15) is 11.8 Å². The van der Waals surface area contributed by atoms with E-state index in [4.69, 9.17) is 9.15 Å². The SMILES string of the molecule is CN[C@@H](CCSC)C(=O)NCCNc1nonc1-c1noc(=O)n1-c1ccc(F)c(Br)c1. The van der Waals surface area contributed by atoms with Crippen molar-refractivity contribution in [2.45, 2.75) is 12.5 Å². The Bertz CT molecular complexity index is 1120. The topological polar surface area (TPSA) is 140 Å². The molecule has 0 saturated carbocycles. The number of carbonyl (C=O) groups is 1. The Balaban J connectivity index is 1.69. The zero-order valence-electron chi connectivity index (χ0n) is 17.2. The van der Waals surface area contributed by atoms with Crippen molar-refractivity contribution in [1.29, 1.82) is 0 Å². The van der Waals surface area contributed by atoms with E-state index < -0.39 is 11.6 Å². The third kappa shape index (κ3) is 5.55. The van der Waals surface area contributed by atoms with Crippen molar-refractivity contribution in [3.63, 3.8) is 0 Å². The highest BCUT2D eigenvalue weighted by atomic mass is 79.9. The summed E-state index contributed by atoms with van der Waals surface area (Å²) in [4.78, 5) is 24.5. The van der Waals surface area contributed by atoms with E-state index in [2.05, 4.69) is 47.4 Å². The standard InChI is InChI=1S/C18H21BrFN7O4S/c1-21-13(5-8-32-2)17(28)23-7-6-22-15-14(24-31-25-15)16-26-30-18(29)27(16)10-3-4-12(20)11(19)9-10/h3-4,9,13,21H,5-8H2,1-2H3,(H,22,25)(H,23,28)/t13-/m0/s1. The minimum atomic E-state index is -0.789. The summed E-state index contributed by atoms with van der Waals surface area (Å²) in [5, 5.41) is 20.1. The number of nitrogens with zero attached hydrogens (tertiary/aromatic N) is 4. The molecule has 14 heteroatoms. The fraction of sp³-hybridized carbons (Fsp3) is 0.389. The maximum absolute atomic E-state index is 13.6. The van der Waals surface area contributed by atoms with Crippen molar-refractivity contribution in [1.82, 2.24) is 30.7 Å². The van der Waals surface area contributed by atoms with Gasteiger partial charge in [-0.25, -0.2) is 18.4 Å². The molecule has 0 fully saturated rings. The van der Waals surface area contributed by atoms with E-state index in [0.29, 0.717) is 18.8 Å². The maximum Gasteiger partial charge on any atom is 0.446 e. The van der Waals surface area contributed by atoms with Crippen LogP contribution in [0.2, 0.25) is 0 Å². The van der Waals surface area contributed by atoms with Gasteiger partial charge in [0.05, 0.1) is 16.2 Å². The summed E-state index contributed by atoms with van der Waals surface area (Å²) in [5.74, 6) is -0.281. The molecule has 1 amide bonds. The first-order chi connectivity index (χ1) is 15.5. The summed E-state index contributed by atoms with van der Waals surface area (Å²) >= 11 is 4.76. The second kappa shape index (κ2) is 11.2. The summed E-state index contributed by atoms with van der Waals surface area (Å²) in [6.45, 7) is 0.634. The second-order valence-corrected chi connectivity index (χ2v) is 8.35. The lowest BCUT2D eigenvalue weighted by molar-refractivity contribution is -0.122. The fourth-order valence-electron chi connectivity index (χ4n) is 2.83. The molecule has 0 radical (unpaired) electrons. The lowest BCUT2D eigenvalue weighted by Gasteiger charge is -2.15. The first-order valence-electron chi connectivity index (χ1n) is 9.51. The van der Waals surface area contributed by atoms with Crippen molar-refractivity contribution in [2.75, 3.05) is 37.5 Å². The lowest BCUT2D eigenvalue weighted by atomic mass is 10.2. The molecule has 11 nitrogen and oxygen atoms in total. The Labute approximate surface area is 194 Å². The van der Waals surface area contributed by atoms with Crippen LogP contribution in [0.5, 0.6) is 0 Å². The minimum absolute atomic E-state index is 0.0219. The Kier molecular flexibility index (Phi) is 8.41. The molecule has 3 N–H and O–H groups in total. The van der Waals surface area contributed by atoms with Gasteiger partial charge in [-0.3, -0.25) is 9.32 Å². The molecule has 1 atom stereocenters. The Hall–Kier alpha value is -2.71. The van der Waals surface area contributed by atoms with E-state index in [1.165, 1.54) is 18.2 Å². The van der Waals surface area contributed by atoms with Crippen molar-refractivity contribution in [3.05, 3.63) is 39.0 Å². The zero-order valence-corrected chi connectivity index (χ0v) is 19.6. The summed E-state index contributed by atoms with van der Waals surface area (Å²) < 4.78 is 24.4. The van der Waals surface area contributed by atoms with Crippen LogP contribution in [0.4, 0.5) is 10.2 Å². The Morgan fingerprint density at radius 3 is 2.84 bits per heavy atom. The molecule has 0 spiro atoms. The van der Waals surface area contributed by atoms with Gasteiger partial charge >= 0.3 is 5.76 Å². The number of hydrogen-bond donors (Lipinski definition) is 3. The molecule has 32 heavy (non-hydrogen) atoms. The molecule has 0 unspecified atom stereocenters. The lowest BCUT2D eigenvalue weighted by Crippen LogP contribution is -2.44. The van der Waals surface area contributed by atoms with Crippen molar-refractivity contribution in [3.8, 4) is 17.2 Å². The van der Waals surface area contributed by atoms with Crippen LogP contribution in [-0.4, -0.2) is 64.1 Å². The van der Waals surface area contributed by atoms with E-state index >= 15 is 0 Å². The Morgan fingerprint density at radius 2 is 2.12 bits per heavy atom. The van der Waals surface area contributed by atoms with E-state index in [9.17, 15) is 14.0 Å². The number of amides is 1. The van der Waals surface area contributed by atoms with Gasteiger partial charge in [0.2, 0.25) is 17.5 Å². The molecular formula is C18H21BrFN7O4S. The number of carbonyl (C=O) groups excluding carboxylic acids is 1. The van der Waals surface area contributed by atoms with Gasteiger partial charge in [-0.05, 0) is 69.9 Å². The number of anilines is 1. The van der Waals surface area contributed by atoms with Crippen LogP contribution in [0.15, 0.2) is 36.6 Å². The molecule has 0 aliphatic heterocycles. The molecule has 3 aromatic rings. The molecule has 0 saturated heterocycles. The highest BCUT2D eigenvalue weighted by Gasteiger charge is 2.23. The predicted molar refractivity (Wildman–Crippen MR) is 120 cm³/mol. The molecule has 0 aliphatic carbocycles. The molecule has 2 heterocycles. The molecule has 1 aromatic carbocycles. The van der Waals surface area contributed by atoms with Crippen LogP contribution in [0, 0.1) is 5.82 Å². The number of hydrogen-bond acceptors (Lipinski definition) is 10.